The molecule has 2 N–H and O–H groups in total. The lowest BCUT2D eigenvalue weighted by Gasteiger charge is -2.32. The molecule has 1 aliphatic rings. The summed E-state index contributed by atoms with van der Waals surface area (Å²) < 4.78 is 0. The third-order valence-corrected chi connectivity index (χ3v) is 9.38. The van der Waals surface area contributed by atoms with E-state index >= 15 is 0 Å². The number of amidine groups is 1. The molecule has 1 aliphatic heterocycles. The van der Waals surface area contributed by atoms with Crippen LogP contribution < -0.4 is 15.5 Å². The van der Waals surface area contributed by atoms with Gasteiger partial charge in [0.2, 0.25) is 0 Å². The van der Waals surface area contributed by atoms with E-state index in [0.29, 0.717) is 18.3 Å². The molecular formula is C41H55N5. The Morgan fingerprint density at radius 1 is 0.957 bits per heavy atom. The molecule has 0 spiro atoms. The van der Waals surface area contributed by atoms with Crippen molar-refractivity contribution in [1.82, 2.24) is 10.2 Å². The average molecular weight is 618 g/mol. The number of aryl methyl sites for hydroxylation is 5. The van der Waals surface area contributed by atoms with Crippen LogP contribution >= 0.6 is 0 Å². The first-order valence-corrected chi connectivity index (χ1v) is 17.1. The molecule has 5 nitrogen and oxygen atoms in total. The lowest BCUT2D eigenvalue weighted by Crippen LogP contribution is -2.33. The molecule has 5 heteroatoms. The van der Waals surface area contributed by atoms with Gasteiger partial charge >= 0.3 is 0 Å². The van der Waals surface area contributed by atoms with Crippen LogP contribution in [-0.2, 0) is 19.3 Å². The van der Waals surface area contributed by atoms with Crippen LogP contribution in [0.4, 0.5) is 17.1 Å². The maximum absolute atomic E-state index is 4.72. The highest BCUT2D eigenvalue weighted by Crippen LogP contribution is 2.36. The number of piperidine rings is 1. The Balaban J connectivity index is 1.60. The standard InChI is InChI=1S/C41H55N5/c1-10-32-18-21-39(34(12-3)26-32)46(40-29(6)16-15-17-30(40)7)28-35(13-4)41(42-14-5)44-31(8)43-37-19-20-38(33(11-2)27-37)36-22-24-45(9)25-23-36/h13-21,26-27,36,43H,5,8,10-12,22-25,28H2,1-4,6-7,9H3,(H,42,44)/b35-13-. The van der Waals surface area contributed by atoms with Gasteiger partial charge < -0.3 is 20.4 Å². The van der Waals surface area contributed by atoms with E-state index in [1.807, 2.05) is 0 Å². The van der Waals surface area contributed by atoms with E-state index in [0.717, 1.165) is 49.4 Å². The van der Waals surface area contributed by atoms with E-state index in [1.54, 1.807) is 6.20 Å². The fourth-order valence-corrected chi connectivity index (χ4v) is 6.74. The number of allylic oxidation sites excluding steroid dienone is 1. The molecule has 3 aromatic rings. The molecule has 0 saturated carbocycles. The van der Waals surface area contributed by atoms with Crippen LogP contribution in [0.3, 0.4) is 0 Å². The maximum Gasteiger partial charge on any atom is 0.136 e. The van der Waals surface area contributed by atoms with Gasteiger partial charge in [-0.25, -0.2) is 4.99 Å². The number of hydrogen-bond acceptors (Lipinski definition) is 4. The topological polar surface area (TPSA) is 42.9 Å². The Morgan fingerprint density at radius 2 is 1.65 bits per heavy atom. The van der Waals surface area contributed by atoms with E-state index in [9.17, 15) is 0 Å². The van der Waals surface area contributed by atoms with Gasteiger partial charge in [0.1, 0.15) is 11.7 Å². The molecule has 3 aromatic carbocycles. The molecule has 0 aliphatic carbocycles. The van der Waals surface area contributed by atoms with E-state index in [4.69, 9.17) is 4.99 Å². The first-order valence-electron chi connectivity index (χ1n) is 17.1. The highest BCUT2D eigenvalue weighted by atomic mass is 15.2. The van der Waals surface area contributed by atoms with Gasteiger partial charge in [-0.15, -0.1) is 0 Å². The Labute approximate surface area is 278 Å². The number of anilines is 3. The number of para-hydroxylation sites is 1. The van der Waals surface area contributed by atoms with Crippen molar-refractivity contribution in [1.29, 1.82) is 0 Å². The van der Waals surface area contributed by atoms with Crippen molar-refractivity contribution in [2.75, 3.05) is 36.9 Å². The highest BCUT2D eigenvalue weighted by Gasteiger charge is 2.22. The summed E-state index contributed by atoms with van der Waals surface area (Å²) in [6.45, 7) is 24.4. The third-order valence-electron chi connectivity index (χ3n) is 9.38. The molecule has 244 valence electrons. The van der Waals surface area contributed by atoms with Crippen molar-refractivity contribution in [3.05, 3.63) is 125 Å². The van der Waals surface area contributed by atoms with Gasteiger partial charge in [0.15, 0.2) is 0 Å². The minimum absolute atomic E-state index is 0.635. The van der Waals surface area contributed by atoms with Crippen LogP contribution in [0.15, 0.2) is 96.4 Å². The van der Waals surface area contributed by atoms with Gasteiger partial charge in [-0.1, -0.05) is 76.4 Å². The summed E-state index contributed by atoms with van der Waals surface area (Å²) in [4.78, 5) is 9.60. The second-order valence-corrected chi connectivity index (χ2v) is 12.5. The quantitative estimate of drug-likeness (QED) is 0.148. The lowest BCUT2D eigenvalue weighted by molar-refractivity contribution is 0.255. The monoisotopic (exact) mass is 617 g/mol. The molecule has 1 fully saturated rings. The second-order valence-electron chi connectivity index (χ2n) is 12.5. The molecule has 0 radical (unpaired) electrons. The molecule has 0 unspecified atom stereocenters. The first-order chi connectivity index (χ1) is 22.2. The van der Waals surface area contributed by atoms with Gasteiger partial charge in [0.05, 0.1) is 6.54 Å². The Bertz CT molecular complexity index is 1550. The Morgan fingerprint density at radius 3 is 2.26 bits per heavy atom. The average Bonchev–Trinajstić information content (AvgIpc) is 3.06. The summed E-state index contributed by atoms with van der Waals surface area (Å²) >= 11 is 0. The van der Waals surface area contributed by atoms with Gasteiger partial charge in [0.25, 0.3) is 0 Å². The van der Waals surface area contributed by atoms with Crippen LogP contribution in [0.2, 0.25) is 0 Å². The number of hydrogen-bond donors (Lipinski definition) is 2. The lowest BCUT2D eigenvalue weighted by atomic mass is 9.85. The second kappa shape index (κ2) is 16.5. The molecule has 4 rings (SSSR count). The zero-order valence-corrected chi connectivity index (χ0v) is 29.3. The number of rotatable bonds is 13. The molecule has 0 bridgehead atoms. The summed E-state index contributed by atoms with van der Waals surface area (Å²) in [7, 11) is 2.22. The number of aliphatic imine (C=N–C) groups is 1. The minimum atomic E-state index is 0.635. The number of nitrogens with zero attached hydrogens (tertiary/aromatic N) is 3. The Hall–Kier alpha value is -4.09. The maximum atomic E-state index is 4.72. The first kappa shape index (κ1) is 34.8. The summed E-state index contributed by atoms with van der Waals surface area (Å²) in [5.41, 5.74) is 12.6. The number of likely N-dealkylation sites (tertiary alicyclic amines) is 1. The molecule has 1 saturated heterocycles. The van der Waals surface area contributed by atoms with Crippen molar-refractivity contribution >= 4 is 22.9 Å². The minimum Gasteiger partial charge on any atom is -0.342 e. The fraction of sp³-hybridized carbons (Fsp3) is 0.390. The van der Waals surface area contributed by atoms with Crippen LogP contribution in [0.25, 0.3) is 0 Å². The van der Waals surface area contributed by atoms with Crippen molar-refractivity contribution < 1.29 is 0 Å². The molecule has 1 heterocycles. The van der Waals surface area contributed by atoms with Crippen LogP contribution in [0.5, 0.6) is 0 Å². The van der Waals surface area contributed by atoms with E-state index in [-0.39, 0.29) is 0 Å². The predicted octanol–water partition coefficient (Wildman–Crippen LogP) is 9.60. The summed E-state index contributed by atoms with van der Waals surface area (Å²) in [6.07, 6.45) is 9.17. The summed E-state index contributed by atoms with van der Waals surface area (Å²) in [6, 6.07) is 20.2. The van der Waals surface area contributed by atoms with Crippen LogP contribution in [0.1, 0.15) is 79.8 Å². The highest BCUT2D eigenvalue weighted by molar-refractivity contribution is 6.01. The van der Waals surface area contributed by atoms with Crippen molar-refractivity contribution in [2.24, 2.45) is 4.99 Å². The van der Waals surface area contributed by atoms with E-state index in [1.165, 1.54) is 57.6 Å². The molecule has 0 aromatic heterocycles. The molecular weight excluding hydrogens is 562 g/mol. The molecule has 0 amide bonds. The van der Waals surface area contributed by atoms with E-state index in [2.05, 4.69) is 143 Å². The van der Waals surface area contributed by atoms with Crippen molar-refractivity contribution in [3.8, 4) is 0 Å². The SMILES string of the molecule is C=CN=C(NC(=C)Nc1ccc(C2CCN(C)CC2)c(CC)c1)/C(=C\C)CN(c1ccc(CC)cc1CC)c1c(C)cccc1C. The van der Waals surface area contributed by atoms with E-state index < -0.39 is 0 Å². The third kappa shape index (κ3) is 8.38. The zero-order valence-electron chi connectivity index (χ0n) is 29.3. The summed E-state index contributed by atoms with van der Waals surface area (Å²) in [5.74, 6) is 2.04. The van der Waals surface area contributed by atoms with Gasteiger partial charge in [0, 0.05) is 28.8 Å². The zero-order chi connectivity index (χ0) is 33.2. The van der Waals surface area contributed by atoms with Gasteiger partial charge in [-0.3, -0.25) is 0 Å². The van der Waals surface area contributed by atoms with Crippen LogP contribution in [-0.4, -0.2) is 37.4 Å². The number of nitrogens with one attached hydrogen (secondary N) is 2. The fourth-order valence-electron chi connectivity index (χ4n) is 6.74. The van der Waals surface area contributed by atoms with Gasteiger partial charge in [-0.2, -0.15) is 0 Å². The van der Waals surface area contributed by atoms with Crippen molar-refractivity contribution in [2.45, 2.75) is 79.6 Å². The molecule has 46 heavy (non-hydrogen) atoms. The number of benzene rings is 3. The van der Waals surface area contributed by atoms with Crippen molar-refractivity contribution in [3.63, 3.8) is 0 Å². The normalized spacial score (nSPS) is 14.7. The smallest absolute Gasteiger partial charge is 0.136 e. The Kier molecular flexibility index (Phi) is 12.4. The van der Waals surface area contributed by atoms with Gasteiger partial charge in [-0.05, 0) is 131 Å². The predicted molar refractivity (Wildman–Crippen MR) is 201 cm³/mol. The summed E-state index contributed by atoms with van der Waals surface area (Å²) in [5, 5.41) is 7.01. The van der Waals surface area contributed by atoms with Crippen LogP contribution in [0, 0.1) is 13.8 Å². The largest absolute Gasteiger partial charge is 0.342 e. The molecule has 0 atom stereocenters.